The Balaban J connectivity index is 1.78. The molecule has 2 fully saturated rings. The Hall–Kier alpha value is -3.44. The van der Waals surface area contributed by atoms with Gasteiger partial charge in [0.05, 0.1) is 12.6 Å². The molecule has 8 heteroatoms. The van der Waals surface area contributed by atoms with Crippen LogP contribution < -0.4 is 10.2 Å². The number of ether oxygens (including phenoxy) is 1. The highest BCUT2D eigenvalue weighted by atomic mass is 16.5. The van der Waals surface area contributed by atoms with Gasteiger partial charge in [-0.15, -0.1) is 0 Å². The van der Waals surface area contributed by atoms with Crippen molar-refractivity contribution in [2.75, 3.05) is 18.6 Å². The summed E-state index contributed by atoms with van der Waals surface area (Å²) in [6.45, 7) is 6.74. The van der Waals surface area contributed by atoms with E-state index in [2.05, 4.69) is 37.3 Å². The zero-order valence-electron chi connectivity index (χ0n) is 22.9. The number of nitrogens with zero attached hydrogens (tertiary/aromatic N) is 4. The van der Waals surface area contributed by atoms with Crippen LogP contribution in [0.25, 0.3) is 0 Å². The highest BCUT2D eigenvalue weighted by Gasteiger charge is 2.43. The van der Waals surface area contributed by atoms with Gasteiger partial charge in [0.15, 0.2) is 6.19 Å². The molecule has 38 heavy (non-hydrogen) atoms. The molecule has 2 amide bonds. The van der Waals surface area contributed by atoms with Gasteiger partial charge >= 0.3 is 0 Å². The van der Waals surface area contributed by atoms with Crippen molar-refractivity contribution < 1.29 is 14.3 Å². The van der Waals surface area contributed by atoms with Crippen LogP contribution in [0.3, 0.4) is 0 Å². The summed E-state index contributed by atoms with van der Waals surface area (Å²) in [5.74, 6) is -0.537. The summed E-state index contributed by atoms with van der Waals surface area (Å²) in [4.78, 5) is 35.7. The largest absolute Gasteiger partial charge is 0.379 e. The number of rotatable bonds is 7. The van der Waals surface area contributed by atoms with E-state index in [1.54, 1.807) is 30.5 Å². The maximum absolute atomic E-state index is 14.3. The van der Waals surface area contributed by atoms with E-state index < -0.39 is 12.1 Å². The third-order valence-electron chi connectivity index (χ3n) is 7.72. The number of methoxy groups -OCH3 is 1. The monoisotopic (exact) mass is 517 g/mol. The minimum Gasteiger partial charge on any atom is -0.379 e. The smallest absolute Gasteiger partial charge is 0.251 e. The number of hydrogen-bond acceptors (Lipinski definition) is 6. The predicted molar refractivity (Wildman–Crippen MR) is 146 cm³/mol. The quantitative estimate of drug-likeness (QED) is 0.544. The first-order valence-electron chi connectivity index (χ1n) is 13.6. The van der Waals surface area contributed by atoms with Crippen LogP contribution in [-0.4, -0.2) is 53.5 Å². The summed E-state index contributed by atoms with van der Waals surface area (Å²) in [5, 5.41) is 13.0. The second kappa shape index (κ2) is 12.0. The first-order chi connectivity index (χ1) is 18.2. The Morgan fingerprint density at radius 3 is 2.45 bits per heavy atom. The van der Waals surface area contributed by atoms with Crippen molar-refractivity contribution in [2.24, 2.45) is 0 Å². The molecule has 0 bridgehead atoms. The highest BCUT2D eigenvalue weighted by molar-refractivity contribution is 6.04. The fourth-order valence-corrected chi connectivity index (χ4v) is 5.48. The number of nitrogens with one attached hydrogen (secondary N) is 1. The summed E-state index contributed by atoms with van der Waals surface area (Å²) >= 11 is 0. The van der Waals surface area contributed by atoms with Crippen molar-refractivity contribution in [1.29, 1.82) is 5.26 Å². The Kier molecular flexibility index (Phi) is 8.68. The second-order valence-electron chi connectivity index (χ2n) is 11.4. The number of benzene rings is 1. The molecule has 2 aliphatic rings. The number of likely N-dealkylation sites (tertiary alicyclic amines) is 1. The standard InChI is InChI=1S/C30H39N5O3/c1-30(2,3)22-12-14-24(15-13-22)35(29(37)26-17-25(38-4)19-34(26)20-31)27(21-9-8-16-32-18-21)28(36)33-23-10-6-5-7-11-23/h8-9,12-16,18,23,25-27H,5-7,10-11,17,19H2,1-4H3,(H,33,36)/t25-,26-,27-/m1/s1. The van der Waals surface area contributed by atoms with Gasteiger partial charge in [0.1, 0.15) is 12.1 Å². The van der Waals surface area contributed by atoms with Gasteiger partial charge in [0, 0.05) is 43.2 Å². The predicted octanol–water partition coefficient (Wildman–Crippen LogP) is 4.47. The summed E-state index contributed by atoms with van der Waals surface area (Å²) in [5.41, 5.74) is 2.29. The van der Waals surface area contributed by atoms with Crippen molar-refractivity contribution in [3.63, 3.8) is 0 Å². The molecule has 1 saturated heterocycles. The molecular weight excluding hydrogens is 478 g/mol. The van der Waals surface area contributed by atoms with E-state index in [1.165, 1.54) is 11.3 Å². The van der Waals surface area contributed by atoms with Crippen molar-refractivity contribution in [1.82, 2.24) is 15.2 Å². The summed E-state index contributed by atoms with van der Waals surface area (Å²) < 4.78 is 5.50. The van der Waals surface area contributed by atoms with Gasteiger partial charge in [-0.05, 0) is 42.0 Å². The minimum absolute atomic E-state index is 0.0662. The molecule has 2 aromatic rings. The maximum Gasteiger partial charge on any atom is 0.251 e. The van der Waals surface area contributed by atoms with Gasteiger partial charge in [0.25, 0.3) is 5.91 Å². The molecule has 3 atom stereocenters. The molecule has 1 aromatic carbocycles. The molecular formula is C30H39N5O3. The SMILES string of the molecule is CO[C@@H]1C[C@H](C(=O)N(c2ccc(C(C)(C)C)cc2)[C@@H](C(=O)NC2CCCCC2)c2cccnc2)N(C#N)C1. The van der Waals surface area contributed by atoms with Gasteiger partial charge in [-0.2, -0.15) is 5.26 Å². The van der Waals surface area contributed by atoms with Crippen LogP contribution >= 0.6 is 0 Å². The molecule has 0 unspecified atom stereocenters. The zero-order valence-corrected chi connectivity index (χ0v) is 22.9. The van der Waals surface area contributed by atoms with Crippen LogP contribution in [0.4, 0.5) is 5.69 Å². The molecule has 0 radical (unpaired) electrons. The Labute approximate surface area is 226 Å². The van der Waals surface area contributed by atoms with Crippen molar-refractivity contribution >= 4 is 17.5 Å². The van der Waals surface area contributed by atoms with Crippen LogP contribution in [0.2, 0.25) is 0 Å². The third-order valence-corrected chi connectivity index (χ3v) is 7.72. The van der Waals surface area contributed by atoms with Crippen LogP contribution in [-0.2, 0) is 19.7 Å². The Morgan fingerprint density at radius 1 is 1.16 bits per heavy atom. The van der Waals surface area contributed by atoms with E-state index in [4.69, 9.17) is 4.74 Å². The van der Waals surface area contributed by atoms with E-state index in [9.17, 15) is 14.9 Å². The molecule has 202 valence electrons. The lowest BCUT2D eigenvalue weighted by molar-refractivity contribution is -0.128. The van der Waals surface area contributed by atoms with E-state index in [-0.39, 0.29) is 29.4 Å². The second-order valence-corrected chi connectivity index (χ2v) is 11.4. The molecule has 2 heterocycles. The molecule has 1 aliphatic heterocycles. The lowest BCUT2D eigenvalue weighted by atomic mass is 9.87. The summed E-state index contributed by atoms with van der Waals surface area (Å²) in [7, 11) is 1.59. The topological polar surface area (TPSA) is 98.6 Å². The van der Waals surface area contributed by atoms with Gasteiger partial charge in [0.2, 0.25) is 5.91 Å². The number of anilines is 1. The fourth-order valence-electron chi connectivity index (χ4n) is 5.48. The molecule has 8 nitrogen and oxygen atoms in total. The van der Waals surface area contributed by atoms with Gasteiger partial charge < -0.3 is 10.1 Å². The molecule has 4 rings (SSSR count). The fraction of sp³-hybridized carbons (Fsp3) is 0.533. The van der Waals surface area contributed by atoms with E-state index >= 15 is 0 Å². The third kappa shape index (κ3) is 6.16. The first-order valence-corrected chi connectivity index (χ1v) is 13.6. The number of pyridine rings is 1. The normalized spacial score (nSPS) is 21.0. The molecule has 0 spiro atoms. The molecule has 1 saturated carbocycles. The number of aromatic nitrogens is 1. The lowest BCUT2D eigenvalue weighted by Crippen LogP contribution is -2.51. The number of amides is 2. The van der Waals surface area contributed by atoms with Gasteiger partial charge in [-0.1, -0.05) is 58.2 Å². The molecule has 1 aromatic heterocycles. The Morgan fingerprint density at radius 2 is 1.87 bits per heavy atom. The molecule has 1 aliphatic carbocycles. The number of carbonyl (C=O) groups is 2. The van der Waals surface area contributed by atoms with Crippen LogP contribution in [0.5, 0.6) is 0 Å². The zero-order chi connectivity index (χ0) is 27.3. The van der Waals surface area contributed by atoms with Crippen molar-refractivity contribution in [3.05, 3.63) is 59.9 Å². The number of nitriles is 1. The van der Waals surface area contributed by atoms with Crippen LogP contribution in [0.15, 0.2) is 48.8 Å². The summed E-state index contributed by atoms with van der Waals surface area (Å²) in [6, 6.07) is 9.83. The van der Waals surface area contributed by atoms with Crippen molar-refractivity contribution in [3.8, 4) is 6.19 Å². The van der Waals surface area contributed by atoms with Crippen LogP contribution in [0.1, 0.15) is 76.5 Å². The van der Waals surface area contributed by atoms with Crippen molar-refractivity contribution in [2.45, 2.75) is 88.9 Å². The maximum atomic E-state index is 14.3. The first kappa shape index (κ1) is 27.6. The average molecular weight is 518 g/mol. The number of carbonyl (C=O) groups excluding carboxylic acids is 2. The van der Waals surface area contributed by atoms with Crippen LogP contribution in [0, 0.1) is 11.5 Å². The van der Waals surface area contributed by atoms with Gasteiger partial charge in [-0.3, -0.25) is 24.4 Å². The van der Waals surface area contributed by atoms with Gasteiger partial charge in [-0.25, -0.2) is 0 Å². The Bertz CT molecular complexity index is 1130. The summed E-state index contributed by atoms with van der Waals surface area (Å²) in [6.07, 6.45) is 10.8. The van der Waals surface area contributed by atoms with E-state index in [1.807, 2.05) is 30.3 Å². The highest BCUT2D eigenvalue weighted by Crippen LogP contribution is 2.34. The lowest BCUT2D eigenvalue weighted by Gasteiger charge is -2.35. The number of hydrogen-bond donors (Lipinski definition) is 1. The van der Waals surface area contributed by atoms with E-state index in [0.29, 0.717) is 24.2 Å². The minimum atomic E-state index is -0.930. The average Bonchev–Trinajstić information content (AvgIpc) is 3.36. The van der Waals surface area contributed by atoms with E-state index in [0.717, 1.165) is 31.2 Å². The molecule has 1 N–H and O–H groups in total.